The minimum absolute atomic E-state index is 0.215. The molecule has 0 aliphatic rings. The van der Waals surface area contributed by atoms with Gasteiger partial charge in [0, 0.05) is 6.42 Å². The monoisotopic (exact) mass is 342 g/mol. The summed E-state index contributed by atoms with van der Waals surface area (Å²) in [6, 6.07) is 7.99. The SMILES string of the molecule is CCOC(=O)c1sc2nc(Cc3ccccc3C)[nH]c(=O)c2c1C. The van der Waals surface area contributed by atoms with Crippen molar-refractivity contribution in [1.29, 1.82) is 0 Å². The van der Waals surface area contributed by atoms with Gasteiger partial charge in [0.15, 0.2) is 0 Å². The van der Waals surface area contributed by atoms with E-state index in [0.717, 1.165) is 11.1 Å². The molecule has 0 radical (unpaired) electrons. The van der Waals surface area contributed by atoms with Gasteiger partial charge in [-0.2, -0.15) is 0 Å². The summed E-state index contributed by atoms with van der Waals surface area (Å²) in [6.07, 6.45) is 0.545. The molecule has 3 aromatic rings. The maximum atomic E-state index is 12.4. The molecule has 2 heterocycles. The van der Waals surface area contributed by atoms with Crippen LogP contribution in [0.3, 0.4) is 0 Å². The Kier molecular flexibility index (Phi) is 4.49. The number of aromatic nitrogens is 2. The average Bonchev–Trinajstić information content (AvgIpc) is 2.87. The maximum Gasteiger partial charge on any atom is 0.348 e. The van der Waals surface area contributed by atoms with E-state index in [1.807, 2.05) is 31.2 Å². The minimum atomic E-state index is -0.405. The molecule has 3 rings (SSSR count). The van der Waals surface area contributed by atoms with Crippen molar-refractivity contribution in [3.05, 3.63) is 62.0 Å². The van der Waals surface area contributed by atoms with Gasteiger partial charge in [-0.1, -0.05) is 24.3 Å². The van der Waals surface area contributed by atoms with Gasteiger partial charge in [0.2, 0.25) is 0 Å². The number of hydrogen-bond acceptors (Lipinski definition) is 5. The molecule has 0 bridgehead atoms. The number of H-pyrrole nitrogens is 1. The molecule has 2 aromatic heterocycles. The largest absolute Gasteiger partial charge is 0.462 e. The third kappa shape index (κ3) is 2.97. The molecule has 6 heteroatoms. The van der Waals surface area contributed by atoms with Gasteiger partial charge in [-0.05, 0) is 37.5 Å². The lowest BCUT2D eigenvalue weighted by molar-refractivity contribution is 0.0531. The molecular weight excluding hydrogens is 324 g/mol. The van der Waals surface area contributed by atoms with Crippen LogP contribution in [0.4, 0.5) is 0 Å². The molecule has 1 aromatic carbocycles. The molecule has 0 amide bonds. The van der Waals surface area contributed by atoms with Crippen molar-refractivity contribution >= 4 is 27.5 Å². The fourth-order valence-electron chi connectivity index (χ4n) is 2.65. The number of nitrogens with one attached hydrogen (secondary N) is 1. The number of fused-ring (bicyclic) bond motifs is 1. The van der Waals surface area contributed by atoms with Gasteiger partial charge in [0.1, 0.15) is 15.5 Å². The van der Waals surface area contributed by atoms with Crippen LogP contribution in [0.5, 0.6) is 0 Å². The third-order valence-corrected chi connectivity index (χ3v) is 5.10. The van der Waals surface area contributed by atoms with Gasteiger partial charge in [-0.3, -0.25) is 4.79 Å². The normalized spacial score (nSPS) is 11.0. The van der Waals surface area contributed by atoms with E-state index in [1.165, 1.54) is 11.3 Å². The van der Waals surface area contributed by atoms with E-state index in [2.05, 4.69) is 9.97 Å². The van der Waals surface area contributed by atoms with Crippen molar-refractivity contribution in [2.75, 3.05) is 6.61 Å². The second-order valence-corrected chi connectivity index (χ2v) is 6.57. The molecule has 0 unspecified atom stereocenters. The molecular formula is C18H18N2O3S. The Morgan fingerprint density at radius 1 is 1.29 bits per heavy atom. The fourth-order valence-corrected chi connectivity index (χ4v) is 3.75. The molecule has 0 aliphatic heterocycles. The Morgan fingerprint density at radius 2 is 2.04 bits per heavy atom. The van der Waals surface area contributed by atoms with Crippen LogP contribution in [0.25, 0.3) is 10.2 Å². The Bertz CT molecular complexity index is 972. The van der Waals surface area contributed by atoms with Crippen molar-refractivity contribution in [2.45, 2.75) is 27.2 Å². The van der Waals surface area contributed by atoms with Crippen LogP contribution in [-0.2, 0) is 11.2 Å². The summed E-state index contributed by atoms with van der Waals surface area (Å²) < 4.78 is 5.05. The number of carbonyl (C=O) groups is 1. The van der Waals surface area contributed by atoms with Crippen LogP contribution in [0.15, 0.2) is 29.1 Å². The summed E-state index contributed by atoms with van der Waals surface area (Å²) in [7, 11) is 0. The van der Waals surface area contributed by atoms with Crippen molar-refractivity contribution in [3.8, 4) is 0 Å². The first-order valence-electron chi connectivity index (χ1n) is 7.75. The highest BCUT2D eigenvalue weighted by atomic mass is 32.1. The summed E-state index contributed by atoms with van der Waals surface area (Å²) in [5, 5.41) is 0.469. The molecule has 5 nitrogen and oxygen atoms in total. The number of hydrogen-bond donors (Lipinski definition) is 1. The summed E-state index contributed by atoms with van der Waals surface area (Å²) in [4.78, 5) is 32.9. The number of rotatable bonds is 4. The smallest absolute Gasteiger partial charge is 0.348 e. The molecule has 0 atom stereocenters. The Morgan fingerprint density at radius 3 is 2.75 bits per heavy atom. The molecule has 0 saturated carbocycles. The van der Waals surface area contributed by atoms with Gasteiger partial charge in [0.25, 0.3) is 5.56 Å². The lowest BCUT2D eigenvalue weighted by Crippen LogP contribution is -2.12. The Labute approximate surface area is 143 Å². The quantitative estimate of drug-likeness (QED) is 0.738. The number of carbonyl (C=O) groups excluding carboxylic acids is 1. The first-order valence-corrected chi connectivity index (χ1v) is 8.56. The Balaban J connectivity index is 2.06. The van der Waals surface area contributed by atoms with E-state index in [9.17, 15) is 9.59 Å². The van der Waals surface area contributed by atoms with Crippen molar-refractivity contribution < 1.29 is 9.53 Å². The molecule has 0 aliphatic carbocycles. The number of nitrogens with zero attached hydrogens (tertiary/aromatic N) is 1. The Hall–Kier alpha value is -2.47. The van der Waals surface area contributed by atoms with E-state index in [1.54, 1.807) is 13.8 Å². The number of thiophene rings is 1. The molecule has 0 saturated heterocycles. The number of esters is 1. The first kappa shape index (κ1) is 16.4. The number of benzene rings is 1. The van der Waals surface area contributed by atoms with E-state index in [-0.39, 0.29) is 5.56 Å². The highest BCUT2D eigenvalue weighted by Gasteiger charge is 2.20. The summed E-state index contributed by atoms with van der Waals surface area (Å²) in [5.41, 5.74) is 2.67. The second kappa shape index (κ2) is 6.57. The maximum absolute atomic E-state index is 12.4. The average molecular weight is 342 g/mol. The van der Waals surface area contributed by atoms with Gasteiger partial charge >= 0.3 is 5.97 Å². The summed E-state index contributed by atoms with van der Waals surface area (Å²) >= 11 is 1.21. The summed E-state index contributed by atoms with van der Waals surface area (Å²) in [6.45, 7) is 5.84. The molecule has 0 fully saturated rings. The predicted octanol–water partition coefficient (Wildman–Crippen LogP) is 3.37. The van der Waals surface area contributed by atoms with Crippen LogP contribution in [0.2, 0.25) is 0 Å². The van der Waals surface area contributed by atoms with E-state index < -0.39 is 5.97 Å². The van der Waals surface area contributed by atoms with Crippen molar-refractivity contribution in [3.63, 3.8) is 0 Å². The zero-order valence-corrected chi connectivity index (χ0v) is 14.6. The number of ether oxygens (including phenoxy) is 1. The van der Waals surface area contributed by atoms with Crippen LogP contribution >= 0.6 is 11.3 Å². The van der Waals surface area contributed by atoms with Gasteiger partial charge < -0.3 is 9.72 Å². The van der Waals surface area contributed by atoms with Crippen molar-refractivity contribution in [2.24, 2.45) is 0 Å². The van der Waals surface area contributed by atoms with Gasteiger partial charge in [0.05, 0.1) is 12.0 Å². The highest BCUT2D eigenvalue weighted by molar-refractivity contribution is 7.20. The van der Waals surface area contributed by atoms with Crippen LogP contribution in [-0.4, -0.2) is 22.5 Å². The second-order valence-electron chi connectivity index (χ2n) is 5.57. The number of aromatic amines is 1. The molecule has 124 valence electrons. The lowest BCUT2D eigenvalue weighted by Gasteiger charge is -2.05. The van der Waals surface area contributed by atoms with E-state index in [0.29, 0.717) is 39.5 Å². The highest BCUT2D eigenvalue weighted by Crippen LogP contribution is 2.28. The van der Waals surface area contributed by atoms with E-state index in [4.69, 9.17) is 4.74 Å². The topological polar surface area (TPSA) is 72.0 Å². The van der Waals surface area contributed by atoms with Crippen LogP contribution in [0.1, 0.15) is 39.1 Å². The predicted molar refractivity (Wildman–Crippen MR) is 94.9 cm³/mol. The van der Waals surface area contributed by atoms with Crippen LogP contribution in [0, 0.1) is 13.8 Å². The lowest BCUT2D eigenvalue weighted by atomic mass is 10.1. The zero-order chi connectivity index (χ0) is 17.3. The molecule has 0 spiro atoms. The minimum Gasteiger partial charge on any atom is -0.462 e. The van der Waals surface area contributed by atoms with E-state index >= 15 is 0 Å². The summed E-state index contributed by atoms with van der Waals surface area (Å²) in [5.74, 6) is 0.191. The van der Waals surface area contributed by atoms with Crippen LogP contribution < -0.4 is 5.56 Å². The van der Waals surface area contributed by atoms with Crippen molar-refractivity contribution in [1.82, 2.24) is 9.97 Å². The van der Waals surface area contributed by atoms with Gasteiger partial charge in [-0.25, -0.2) is 9.78 Å². The number of aryl methyl sites for hydroxylation is 2. The molecule has 24 heavy (non-hydrogen) atoms. The molecule has 1 N–H and O–H groups in total. The standard InChI is InChI=1S/C18H18N2O3S/c1-4-23-18(22)15-11(3)14-16(21)19-13(20-17(14)24-15)9-12-8-6-5-7-10(12)2/h5-8H,4,9H2,1-3H3,(H,19,20,21). The fraction of sp³-hybridized carbons (Fsp3) is 0.278. The zero-order valence-electron chi connectivity index (χ0n) is 13.8. The first-order chi connectivity index (χ1) is 11.5. The third-order valence-electron chi connectivity index (χ3n) is 3.93. The van der Waals surface area contributed by atoms with Gasteiger partial charge in [-0.15, -0.1) is 11.3 Å².